The average Bonchev–Trinajstić information content (AvgIpc) is 2.69. The summed E-state index contributed by atoms with van der Waals surface area (Å²) < 4.78 is 46.9. The van der Waals surface area contributed by atoms with Crippen LogP contribution in [0.2, 0.25) is 0 Å². The van der Waals surface area contributed by atoms with E-state index in [0.29, 0.717) is 16.9 Å². The Kier molecular flexibility index (Phi) is 5.23. The summed E-state index contributed by atoms with van der Waals surface area (Å²) in [5.74, 6) is 0.492. The van der Waals surface area contributed by atoms with Gasteiger partial charge in [0.15, 0.2) is 0 Å². The highest BCUT2D eigenvalue weighted by Gasteiger charge is 2.36. The highest BCUT2D eigenvalue weighted by atomic mass is 19.4. The standard InChI is InChI=1S/C21H15F3N2O2/c1-28-19-10-6-5-9-15(19)13-26-18(14-7-3-2-4-8-14)11-17(21(22,23)24)16(12-25)20(26)27/h2-11H,13H2,1H3. The normalized spacial score (nSPS) is 11.1. The van der Waals surface area contributed by atoms with E-state index in [1.165, 1.54) is 17.7 Å². The lowest BCUT2D eigenvalue weighted by atomic mass is 10.0. The molecule has 3 rings (SSSR count). The highest BCUT2D eigenvalue weighted by molar-refractivity contribution is 5.62. The fourth-order valence-electron chi connectivity index (χ4n) is 2.99. The molecule has 0 bridgehead atoms. The lowest BCUT2D eigenvalue weighted by Gasteiger charge is -2.18. The molecule has 2 aromatic carbocycles. The monoisotopic (exact) mass is 384 g/mol. The van der Waals surface area contributed by atoms with Crippen LogP contribution in [0.15, 0.2) is 65.5 Å². The Balaban J connectivity index is 2.32. The molecule has 142 valence electrons. The molecule has 0 saturated heterocycles. The van der Waals surface area contributed by atoms with Gasteiger partial charge in [-0.2, -0.15) is 18.4 Å². The topological polar surface area (TPSA) is 55.0 Å². The average molecular weight is 384 g/mol. The van der Waals surface area contributed by atoms with E-state index in [1.807, 2.05) is 0 Å². The van der Waals surface area contributed by atoms with Crippen molar-refractivity contribution in [1.29, 1.82) is 5.26 Å². The third-order valence-corrected chi connectivity index (χ3v) is 4.31. The van der Waals surface area contributed by atoms with Crippen LogP contribution in [0.25, 0.3) is 11.3 Å². The predicted octanol–water partition coefficient (Wildman–Crippen LogP) is 4.46. The molecule has 28 heavy (non-hydrogen) atoms. The van der Waals surface area contributed by atoms with Crippen LogP contribution < -0.4 is 10.3 Å². The number of hydrogen-bond donors (Lipinski definition) is 0. The maximum Gasteiger partial charge on any atom is 0.417 e. The molecular weight excluding hydrogens is 369 g/mol. The summed E-state index contributed by atoms with van der Waals surface area (Å²) in [5, 5.41) is 9.23. The Labute approximate surface area is 159 Å². The predicted molar refractivity (Wildman–Crippen MR) is 98.0 cm³/mol. The van der Waals surface area contributed by atoms with Crippen LogP contribution in [-0.2, 0) is 12.7 Å². The van der Waals surface area contributed by atoms with Crippen LogP contribution in [0.4, 0.5) is 13.2 Å². The second-order valence-corrected chi connectivity index (χ2v) is 6.00. The first-order chi connectivity index (χ1) is 13.4. The third kappa shape index (κ3) is 3.62. The molecule has 0 aliphatic carbocycles. The van der Waals surface area contributed by atoms with Crippen molar-refractivity contribution in [1.82, 2.24) is 4.57 Å². The number of aromatic nitrogens is 1. The van der Waals surface area contributed by atoms with Crippen molar-refractivity contribution in [3.63, 3.8) is 0 Å². The van der Waals surface area contributed by atoms with Gasteiger partial charge in [-0.25, -0.2) is 0 Å². The molecule has 1 aromatic heterocycles. The van der Waals surface area contributed by atoms with Crippen molar-refractivity contribution in [2.75, 3.05) is 7.11 Å². The fraction of sp³-hybridized carbons (Fsp3) is 0.143. The van der Waals surface area contributed by atoms with E-state index >= 15 is 0 Å². The lowest BCUT2D eigenvalue weighted by molar-refractivity contribution is -0.137. The number of benzene rings is 2. The summed E-state index contributed by atoms with van der Waals surface area (Å²) in [5.41, 5.74) is -2.06. The van der Waals surface area contributed by atoms with Gasteiger partial charge >= 0.3 is 6.18 Å². The molecule has 0 atom stereocenters. The van der Waals surface area contributed by atoms with Gasteiger partial charge in [0.2, 0.25) is 0 Å². The maximum atomic E-state index is 13.5. The molecule has 0 fully saturated rings. The van der Waals surface area contributed by atoms with Crippen molar-refractivity contribution in [3.8, 4) is 23.1 Å². The van der Waals surface area contributed by atoms with E-state index in [0.717, 1.165) is 6.07 Å². The first-order valence-electron chi connectivity index (χ1n) is 8.29. The number of nitrogens with zero attached hydrogens (tertiary/aromatic N) is 2. The second kappa shape index (κ2) is 7.61. The SMILES string of the molecule is COc1ccccc1Cn1c(-c2ccccc2)cc(C(F)(F)F)c(C#N)c1=O. The van der Waals surface area contributed by atoms with E-state index in [4.69, 9.17) is 4.74 Å². The molecule has 0 N–H and O–H groups in total. The molecule has 0 amide bonds. The molecule has 0 unspecified atom stereocenters. The quantitative estimate of drug-likeness (QED) is 0.667. The molecule has 7 heteroatoms. The summed E-state index contributed by atoms with van der Waals surface area (Å²) in [4.78, 5) is 12.9. The zero-order valence-electron chi connectivity index (χ0n) is 14.8. The fourth-order valence-corrected chi connectivity index (χ4v) is 2.99. The smallest absolute Gasteiger partial charge is 0.417 e. The first kappa shape index (κ1) is 19.2. The Hall–Kier alpha value is -3.53. The largest absolute Gasteiger partial charge is 0.496 e. The first-order valence-corrected chi connectivity index (χ1v) is 8.29. The van der Waals surface area contributed by atoms with Gasteiger partial charge in [0.05, 0.1) is 24.9 Å². The number of nitriles is 1. The van der Waals surface area contributed by atoms with Gasteiger partial charge in [0, 0.05) is 5.56 Å². The van der Waals surface area contributed by atoms with E-state index in [2.05, 4.69) is 0 Å². The lowest BCUT2D eigenvalue weighted by Crippen LogP contribution is -2.28. The van der Waals surface area contributed by atoms with Crippen molar-refractivity contribution < 1.29 is 17.9 Å². The number of hydrogen-bond acceptors (Lipinski definition) is 3. The molecule has 0 aliphatic heterocycles. The second-order valence-electron chi connectivity index (χ2n) is 6.00. The van der Waals surface area contributed by atoms with Gasteiger partial charge in [-0.3, -0.25) is 4.79 Å². The molecule has 4 nitrogen and oxygen atoms in total. The van der Waals surface area contributed by atoms with Crippen LogP contribution in [0.3, 0.4) is 0 Å². The van der Waals surface area contributed by atoms with Crippen LogP contribution >= 0.6 is 0 Å². The molecule has 3 aromatic rings. The summed E-state index contributed by atoms with van der Waals surface area (Å²) in [6, 6.07) is 17.4. The zero-order valence-corrected chi connectivity index (χ0v) is 14.8. The number of para-hydroxylation sites is 1. The Morgan fingerprint density at radius 3 is 2.32 bits per heavy atom. The van der Waals surface area contributed by atoms with Crippen LogP contribution in [0, 0.1) is 11.3 Å². The minimum atomic E-state index is -4.82. The van der Waals surface area contributed by atoms with Crippen LogP contribution in [0.5, 0.6) is 5.75 Å². The summed E-state index contributed by atoms with van der Waals surface area (Å²) >= 11 is 0. The van der Waals surface area contributed by atoms with Crippen molar-refractivity contribution in [3.05, 3.63) is 87.7 Å². The summed E-state index contributed by atoms with van der Waals surface area (Å²) in [6.45, 7) is -0.0418. The van der Waals surface area contributed by atoms with E-state index in [9.17, 15) is 23.2 Å². The number of rotatable bonds is 4. The van der Waals surface area contributed by atoms with Crippen molar-refractivity contribution in [2.45, 2.75) is 12.7 Å². The number of methoxy groups -OCH3 is 1. The Bertz CT molecular complexity index is 1100. The molecule has 0 radical (unpaired) electrons. The third-order valence-electron chi connectivity index (χ3n) is 4.31. The van der Waals surface area contributed by atoms with Crippen molar-refractivity contribution >= 4 is 0 Å². The van der Waals surface area contributed by atoms with Gasteiger partial charge in [-0.1, -0.05) is 48.5 Å². The Morgan fingerprint density at radius 2 is 1.71 bits per heavy atom. The van der Waals surface area contributed by atoms with Gasteiger partial charge in [0.1, 0.15) is 17.4 Å². The Morgan fingerprint density at radius 1 is 1.07 bits per heavy atom. The molecule has 0 spiro atoms. The molecule has 0 saturated carbocycles. The van der Waals surface area contributed by atoms with Gasteiger partial charge < -0.3 is 9.30 Å². The van der Waals surface area contributed by atoms with E-state index in [-0.39, 0.29) is 12.2 Å². The molecular formula is C21H15F3N2O2. The summed E-state index contributed by atoms with van der Waals surface area (Å²) in [7, 11) is 1.47. The minimum absolute atomic E-state index is 0.0418. The molecule has 1 heterocycles. The summed E-state index contributed by atoms with van der Waals surface area (Å²) in [6.07, 6.45) is -4.82. The number of pyridine rings is 1. The van der Waals surface area contributed by atoms with Crippen LogP contribution in [-0.4, -0.2) is 11.7 Å². The molecule has 0 aliphatic rings. The van der Waals surface area contributed by atoms with E-state index in [1.54, 1.807) is 54.6 Å². The van der Waals surface area contributed by atoms with E-state index < -0.39 is 22.9 Å². The van der Waals surface area contributed by atoms with Gasteiger partial charge in [-0.15, -0.1) is 0 Å². The number of halogens is 3. The highest BCUT2D eigenvalue weighted by Crippen LogP contribution is 2.34. The number of ether oxygens (including phenoxy) is 1. The van der Waals surface area contributed by atoms with Crippen LogP contribution in [0.1, 0.15) is 16.7 Å². The maximum absolute atomic E-state index is 13.5. The van der Waals surface area contributed by atoms with Gasteiger partial charge in [-0.05, 0) is 17.7 Å². The minimum Gasteiger partial charge on any atom is -0.496 e. The zero-order chi connectivity index (χ0) is 20.3. The van der Waals surface area contributed by atoms with Crippen molar-refractivity contribution in [2.24, 2.45) is 0 Å². The number of alkyl halides is 3. The van der Waals surface area contributed by atoms with Gasteiger partial charge in [0.25, 0.3) is 5.56 Å².